The molecule has 2 aromatic carbocycles. The molecule has 0 N–H and O–H groups in total. The van der Waals surface area contributed by atoms with E-state index in [1.54, 1.807) is 0 Å². The zero-order valence-corrected chi connectivity index (χ0v) is 13.3. The summed E-state index contributed by atoms with van der Waals surface area (Å²) in [7, 11) is 2.09. The molecule has 1 aromatic heterocycles. The SMILES string of the molecule is C[n+]1c(/C=C/c2ccccc2)cccc1/C=C/c1ccccc1. The van der Waals surface area contributed by atoms with Crippen molar-refractivity contribution in [1.82, 2.24) is 0 Å². The first-order valence-electron chi connectivity index (χ1n) is 7.78. The van der Waals surface area contributed by atoms with Gasteiger partial charge in [0.1, 0.15) is 7.05 Å². The second-order valence-corrected chi connectivity index (χ2v) is 5.42. The Kier molecular flexibility index (Phi) is 4.80. The molecule has 1 nitrogen and oxygen atoms in total. The molecular formula is C22H20N+. The first-order chi connectivity index (χ1) is 11.3. The van der Waals surface area contributed by atoms with Gasteiger partial charge in [0.05, 0.1) is 0 Å². The van der Waals surface area contributed by atoms with Gasteiger partial charge in [0.25, 0.3) is 0 Å². The maximum absolute atomic E-state index is 2.19. The first-order valence-corrected chi connectivity index (χ1v) is 7.78. The van der Waals surface area contributed by atoms with Crippen molar-refractivity contribution >= 4 is 24.3 Å². The molecule has 0 bridgehead atoms. The first kappa shape index (κ1) is 15.0. The summed E-state index contributed by atoms with van der Waals surface area (Å²) < 4.78 is 2.19. The molecule has 3 aromatic rings. The molecular weight excluding hydrogens is 278 g/mol. The van der Waals surface area contributed by atoms with Crippen molar-refractivity contribution in [1.29, 1.82) is 0 Å². The van der Waals surface area contributed by atoms with E-state index in [0.717, 1.165) is 0 Å². The van der Waals surface area contributed by atoms with Gasteiger partial charge in [-0.05, 0) is 29.3 Å². The molecule has 0 aliphatic rings. The van der Waals surface area contributed by atoms with Crippen LogP contribution < -0.4 is 4.57 Å². The molecule has 1 heterocycles. The van der Waals surface area contributed by atoms with Crippen LogP contribution in [0.5, 0.6) is 0 Å². The van der Waals surface area contributed by atoms with Crippen LogP contribution in [-0.2, 0) is 7.05 Å². The Morgan fingerprint density at radius 3 is 1.39 bits per heavy atom. The molecule has 1 heteroatoms. The number of aromatic nitrogens is 1. The van der Waals surface area contributed by atoms with E-state index in [1.165, 1.54) is 22.5 Å². The summed E-state index contributed by atoms with van der Waals surface area (Å²) in [5.74, 6) is 0. The molecule has 0 saturated heterocycles. The van der Waals surface area contributed by atoms with E-state index in [1.807, 2.05) is 12.1 Å². The highest BCUT2D eigenvalue weighted by Crippen LogP contribution is 2.08. The molecule has 0 radical (unpaired) electrons. The molecule has 23 heavy (non-hydrogen) atoms. The lowest BCUT2D eigenvalue weighted by Gasteiger charge is -1.99. The van der Waals surface area contributed by atoms with Crippen LogP contribution in [0.15, 0.2) is 78.9 Å². The molecule has 0 unspecified atom stereocenters. The number of rotatable bonds is 4. The highest BCUT2D eigenvalue weighted by atomic mass is 14.9. The number of pyridine rings is 1. The lowest BCUT2D eigenvalue weighted by Crippen LogP contribution is -2.35. The van der Waals surface area contributed by atoms with Gasteiger partial charge in [-0.2, -0.15) is 4.57 Å². The Balaban J connectivity index is 1.84. The van der Waals surface area contributed by atoms with E-state index in [9.17, 15) is 0 Å². The van der Waals surface area contributed by atoms with Crippen LogP contribution in [0.4, 0.5) is 0 Å². The van der Waals surface area contributed by atoms with Crippen molar-refractivity contribution in [2.45, 2.75) is 0 Å². The van der Waals surface area contributed by atoms with Crippen molar-refractivity contribution in [3.05, 3.63) is 101 Å². The topological polar surface area (TPSA) is 3.88 Å². The highest BCUT2D eigenvalue weighted by molar-refractivity contribution is 5.69. The summed E-state index contributed by atoms with van der Waals surface area (Å²) in [5, 5.41) is 0. The van der Waals surface area contributed by atoms with Gasteiger partial charge in [-0.1, -0.05) is 60.7 Å². The smallest absolute Gasteiger partial charge is 0.195 e. The minimum absolute atomic E-state index is 1.17. The van der Waals surface area contributed by atoms with E-state index in [2.05, 4.69) is 103 Å². The third kappa shape index (κ3) is 4.04. The van der Waals surface area contributed by atoms with E-state index >= 15 is 0 Å². The molecule has 112 valence electrons. The van der Waals surface area contributed by atoms with Crippen molar-refractivity contribution in [3.63, 3.8) is 0 Å². The lowest BCUT2D eigenvalue weighted by molar-refractivity contribution is -0.675. The molecule has 0 saturated carbocycles. The fourth-order valence-electron chi connectivity index (χ4n) is 2.44. The average molecular weight is 298 g/mol. The molecule has 0 spiro atoms. The summed E-state index contributed by atoms with van der Waals surface area (Å²) in [5.41, 5.74) is 4.75. The average Bonchev–Trinajstić information content (AvgIpc) is 2.61. The summed E-state index contributed by atoms with van der Waals surface area (Å²) in [6.45, 7) is 0. The highest BCUT2D eigenvalue weighted by Gasteiger charge is 2.06. The van der Waals surface area contributed by atoms with Crippen molar-refractivity contribution < 1.29 is 4.57 Å². The zero-order chi connectivity index (χ0) is 15.9. The second kappa shape index (κ2) is 7.37. The maximum atomic E-state index is 2.19. The normalized spacial score (nSPS) is 11.3. The van der Waals surface area contributed by atoms with E-state index < -0.39 is 0 Å². The van der Waals surface area contributed by atoms with Crippen LogP contribution >= 0.6 is 0 Å². The minimum atomic E-state index is 1.17. The third-order valence-electron chi connectivity index (χ3n) is 3.80. The van der Waals surface area contributed by atoms with Gasteiger partial charge < -0.3 is 0 Å². The van der Waals surface area contributed by atoms with E-state index in [4.69, 9.17) is 0 Å². The van der Waals surface area contributed by atoms with Gasteiger partial charge in [-0.25, -0.2) is 0 Å². The molecule has 0 aliphatic carbocycles. The summed E-state index contributed by atoms with van der Waals surface area (Å²) in [4.78, 5) is 0. The Bertz CT molecular complexity index is 747. The van der Waals surface area contributed by atoms with Gasteiger partial charge in [-0.3, -0.25) is 0 Å². The van der Waals surface area contributed by atoms with Gasteiger partial charge in [-0.15, -0.1) is 0 Å². The van der Waals surface area contributed by atoms with Gasteiger partial charge in [0.15, 0.2) is 0 Å². The Morgan fingerprint density at radius 1 is 0.522 bits per heavy atom. The standard InChI is InChI=1S/C22H20N/c1-23-21(17-15-19-9-4-2-5-10-19)13-8-14-22(23)18-16-20-11-6-3-7-12-20/h2-18H,1H3/q+1/b17-15+,18-16+. The zero-order valence-electron chi connectivity index (χ0n) is 13.3. The van der Waals surface area contributed by atoms with Gasteiger partial charge >= 0.3 is 0 Å². The fraction of sp³-hybridized carbons (Fsp3) is 0.0455. The summed E-state index contributed by atoms with van der Waals surface area (Å²) in [6, 6.07) is 27.1. The maximum Gasteiger partial charge on any atom is 0.205 e. The minimum Gasteiger partial charge on any atom is -0.195 e. The summed E-state index contributed by atoms with van der Waals surface area (Å²) in [6.07, 6.45) is 8.57. The lowest BCUT2D eigenvalue weighted by atomic mass is 10.1. The summed E-state index contributed by atoms with van der Waals surface area (Å²) >= 11 is 0. The molecule has 0 amide bonds. The number of hydrogen-bond acceptors (Lipinski definition) is 0. The Hall–Kier alpha value is -2.93. The van der Waals surface area contributed by atoms with E-state index in [0.29, 0.717) is 0 Å². The van der Waals surface area contributed by atoms with Crippen molar-refractivity contribution in [2.24, 2.45) is 7.05 Å². The largest absolute Gasteiger partial charge is 0.205 e. The fourth-order valence-corrected chi connectivity index (χ4v) is 2.44. The van der Waals surface area contributed by atoms with Crippen LogP contribution in [0.2, 0.25) is 0 Å². The van der Waals surface area contributed by atoms with Gasteiger partial charge in [0.2, 0.25) is 11.4 Å². The quantitative estimate of drug-likeness (QED) is 0.606. The van der Waals surface area contributed by atoms with E-state index in [-0.39, 0.29) is 0 Å². The molecule has 3 rings (SSSR count). The predicted molar refractivity (Wildman–Crippen MR) is 98.4 cm³/mol. The Labute approximate surface area is 137 Å². The van der Waals surface area contributed by atoms with Gasteiger partial charge in [0, 0.05) is 24.3 Å². The van der Waals surface area contributed by atoms with Crippen molar-refractivity contribution in [3.8, 4) is 0 Å². The van der Waals surface area contributed by atoms with Crippen molar-refractivity contribution in [2.75, 3.05) is 0 Å². The molecule has 0 fully saturated rings. The third-order valence-corrected chi connectivity index (χ3v) is 3.80. The molecule has 0 aliphatic heterocycles. The number of hydrogen-bond donors (Lipinski definition) is 0. The monoisotopic (exact) mass is 298 g/mol. The second-order valence-electron chi connectivity index (χ2n) is 5.42. The predicted octanol–water partition coefficient (Wildman–Crippen LogP) is 4.85. The van der Waals surface area contributed by atoms with Crippen LogP contribution in [-0.4, -0.2) is 0 Å². The number of benzene rings is 2. The number of nitrogens with zero attached hydrogens (tertiary/aromatic N) is 1. The van der Waals surface area contributed by atoms with Crippen LogP contribution in [0.3, 0.4) is 0 Å². The van der Waals surface area contributed by atoms with Crippen LogP contribution in [0, 0.1) is 0 Å². The van der Waals surface area contributed by atoms with Crippen LogP contribution in [0.1, 0.15) is 22.5 Å². The Morgan fingerprint density at radius 2 is 0.957 bits per heavy atom. The van der Waals surface area contributed by atoms with Crippen LogP contribution in [0.25, 0.3) is 24.3 Å². The molecule has 0 atom stereocenters.